The number of rotatable bonds is 6. The molecule has 0 saturated carbocycles. The second-order valence-electron chi connectivity index (χ2n) is 7.86. The summed E-state index contributed by atoms with van der Waals surface area (Å²) in [5, 5.41) is 7.20. The van der Waals surface area contributed by atoms with Crippen molar-refractivity contribution in [1.29, 1.82) is 0 Å². The summed E-state index contributed by atoms with van der Waals surface area (Å²) in [4.78, 5) is 23.2. The first-order valence-corrected chi connectivity index (χ1v) is 13.1. The maximum Gasteiger partial charge on any atom is 0.233 e. The second kappa shape index (κ2) is 8.56. The quantitative estimate of drug-likeness (QED) is 0.382. The van der Waals surface area contributed by atoms with Crippen LogP contribution in [0.3, 0.4) is 0 Å². The number of hydrogen-bond acceptors (Lipinski definition) is 9. The molecule has 1 aliphatic rings. The number of carbonyl (C=O) groups excluding carboxylic acids is 1. The van der Waals surface area contributed by atoms with E-state index >= 15 is 0 Å². The Kier molecular flexibility index (Phi) is 5.59. The first-order valence-electron chi connectivity index (χ1n) is 10.4. The molecular weight excluding hydrogens is 462 g/mol. The van der Waals surface area contributed by atoms with Crippen LogP contribution in [-0.2, 0) is 9.84 Å². The molecule has 1 aliphatic heterocycles. The molecule has 0 N–H and O–H groups in total. The van der Waals surface area contributed by atoms with Gasteiger partial charge in [-0.05, 0) is 48.6 Å². The van der Waals surface area contributed by atoms with Gasteiger partial charge in [0.05, 0.1) is 27.7 Å². The van der Waals surface area contributed by atoms with Crippen LogP contribution >= 0.6 is 11.3 Å². The van der Waals surface area contributed by atoms with Gasteiger partial charge in [-0.2, -0.15) is 5.10 Å². The van der Waals surface area contributed by atoms with Crippen LogP contribution in [0.25, 0.3) is 11.0 Å². The minimum Gasteiger partial charge on any atom is -0.438 e. The predicted octanol–water partition coefficient (Wildman–Crippen LogP) is 3.74. The number of sulfone groups is 1. The third-order valence-corrected chi connectivity index (χ3v) is 7.71. The van der Waals surface area contributed by atoms with Gasteiger partial charge in [0.15, 0.2) is 21.8 Å². The first-order chi connectivity index (χ1) is 15.9. The minimum absolute atomic E-state index is 0.175. The van der Waals surface area contributed by atoms with Gasteiger partial charge in [0.1, 0.15) is 17.5 Å². The van der Waals surface area contributed by atoms with Crippen LogP contribution in [0.15, 0.2) is 53.1 Å². The zero-order valence-corrected chi connectivity index (χ0v) is 19.4. The lowest BCUT2D eigenvalue weighted by Gasteiger charge is -2.33. The molecule has 0 aliphatic carbocycles. The molecule has 1 aromatic carbocycles. The fourth-order valence-corrected chi connectivity index (χ4v) is 5.42. The molecule has 0 bridgehead atoms. The molecular formula is C22H21N5O4S2. The summed E-state index contributed by atoms with van der Waals surface area (Å²) < 4.78 is 31.1. The summed E-state index contributed by atoms with van der Waals surface area (Å²) in [6.45, 7) is 1.65. The van der Waals surface area contributed by atoms with Gasteiger partial charge in [0, 0.05) is 19.3 Å². The van der Waals surface area contributed by atoms with Gasteiger partial charge in [0.2, 0.25) is 5.88 Å². The zero-order chi connectivity index (χ0) is 23.0. The summed E-state index contributed by atoms with van der Waals surface area (Å²) in [7, 11) is -3.27. The summed E-state index contributed by atoms with van der Waals surface area (Å²) in [6, 6.07) is 8.38. The van der Waals surface area contributed by atoms with Gasteiger partial charge in [-0.25, -0.2) is 23.1 Å². The van der Waals surface area contributed by atoms with E-state index in [-0.39, 0.29) is 10.9 Å². The van der Waals surface area contributed by atoms with E-state index in [1.165, 1.54) is 29.8 Å². The van der Waals surface area contributed by atoms with E-state index in [2.05, 4.69) is 20.0 Å². The Morgan fingerprint density at radius 1 is 1.12 bits per heavy atom. The normalized spacial score (nSPS) is 15.1. The number of piperidine rings is 1. The highest BCUT2D eigenvalue weighted by atomic mass is 32.2. The Balaban J connectivity index is 1.34. The molecule has 33 heavy (non-hydrogen) atoms. The predicted molar refractivity (Wildman–Crippen MR) is 125 cm³/mol. The van der Waals surface area contributed by atoms with Crippen molar-refractivity contribution >= 4 is 44.2 Å². The number of benzene rings is 1. The molecule has 3 aromatic heterocycles. The van der Waals surface area contributed by atoms with E-state index in [1.54, 1.807) is 18.3 Å². The van der Waals surface area contributed by atoms with Crippen molar-refractivity contribution in [3.8, 4) is 11.6 Å². The van der Waals surface area contributed by atoms with Crippen molar-refractivity contribution in [2.75, 3.05) is 24.2 Å². The number of anilines is 1. The van der Waals surface area contributed by atoms with Crippen LogP contribution in [0.5, 0.6) is 11.6 Å². The molecule has 0 spiro atoms. The number of aromatic nitrogens is 4. The third-order valence-electron chi connectivity index (χ3n) is 5.75. The lowest BCUT2D eigenvalue weighted by atomic mass is 10.0. The highest BCUT2D eigenvalue weighted by molar-refractivity contribution is 7.90. The molecule has 5 rings (SSSR count). The molecule has 4 heterocycles. The number of carbonyl (C=O) groups is 1. The highest BCUT2D eigenvalue weighted by Crippen LogP contribution is 2.33. The first kappa shape index (κ1) is 21.5. The lowest BCUT2D eigenvalue weighted by molar-refractivity contribution is 0.112. The van der Waals surface area contributed by atoms with E-state index in [0.717, 1.165) is 49.0 Å². The molecule has 170 valence electrons. The average Bonchev–Trinajstić information content (AvgIpc) is 3.47. The topological polar surface area (TPSA) is 107 Å². The molecule has 0 atom stereocenters. The Morgan fingerprint density at radius 2 is 1.88 bits per heavy atom. The van der Waals surface area contributed by atoms with Crippen molar-refractivity contribution < 1.29 is 17.9 Å². The van der Waals surface area contributed by atoms with Crippen LogP contribution in [0, 0.1) is 0 Å². The van der Waals surface area contributed by atoms with Gasteiger partial charge < -0.3 is 9.64 Å². The van der Waals surface area contributed by atoms with Gasteiger partial charge in [-0.15, -0.1) is 11.3 Å². The maximum absolute atomic E-state index is 11.7. The fraction of sp³-hybridized carbons (Fsp3) is 0.273. The summed E-state index contributed by atoms with van der Waals surface area (Å²) in [6.07, 6.45) is 6.97. The van der Waals surface area contributed by atoms with Gasteiger partial charge in [-0.3, -0.25) is 4.79 Å². The Hall–Kier alpha value is -3.31. The maximum atomic E-state index is 11.7. The van der Waals surface area contributed by atoms with E-state index in [9.17, 15) is 13.2 Å². The second-order valence-corrected chi connectivity index (χ2v) is 10.8. The number of nitrogens with zero attached hydrogens (tertiary/aromatic N) is 5. The molecule has 1 fully saturated rings. The molecule has 9 nitrogen and oxygen atoms in total. The van der Waals surface area contributed by atoms with E-state index < -0.39 is 9.84 Å². The van der Waals surface area contributed by atoms with Crippen LogP contribution in [0.4, 0.5) is 5.69 Å². The van der Waals surface area contributed by atoms with Crippen molar-refractivity contribution in [3.05, 3.63) is 53.1 Å². The van der Waals surface area contributed by atoms with Crippen molar-refractivity contribution in [1.82, 2.24) is 19.7 Å². The summed E-state index contributed by atoms with van der Waals surface area (Å²) in [5.41, 5.74) is 1.69. The van der Waals surface area contributed by atoms with E-state index in [0.29, 0.717) is 22.7 Å². The molecule has 0 radical (unpaired) electrons. The number of hydrogen-bond donors (Lipinski definition) is 0. The van der Waals surface area contributed by atoms with Crippen LogP contribution in [0.2, 0.25) is 0 Å². The number of aldehydes is 1. The van der Waals surface area contributed by atoms with E-state index in [1.807, 2.05) is 16.1 Å². The molecule has 11 heteroatoms. The monoisotopic (exact) mass is 483 g/mol. The lowest BCUT2D eigenvalue weighted by Crippen LogP contribution is -2.35. The van der Waals surface area contributed by atoms with Crippen molar-refractivity contribution in [2.24, 2.45) is 0 Å². The van der Waals surface area contributed by atoms with E-state index in [4.69, 9.17) is 4.74 Å². The molecule has 4 aromatic rings. The Labute approximate surface area is 194 Å². The molecule has 0 amide bonds. The van der Waals surface area contributed by atoms with Crippen molar-refractivity contribution in [3.63, 3.8) is 0 Å². The van der Waals surface area contributed by atoms with Gasteiger partial charge in [-0.1, -0.05) is 0 Å². The molecule has 0 unspecified atom stereocenters. The van der Waals surface area contributed by atoms with Gasteiger partial charge in [0.25, 0.3) is 0 Å². The summed E-state index contributed by atoms with van der Waals surface area (Å²) >= 11 is 1.46. The zero-order valence-electron chi connectivity index (χ0n) is 17.8. The third kappa shape index (κ3) is 4.21. The smallest absolute Gasteiger partial charge is 0.233 e. The molecule has 1 saturated heterocycles. The Morgan fingerprint density at radius 3 is 2.58 bits per heavy atom. The fourth-order valence-electron chi connectivity index (χ4n) is 4.07. The van der Waals surface area contributed by atoms with Gasteiger partial charge >= 0.3 is 0 Å². The number of fused-ring (bicyclic) bond motifs is 1. The number of thiophene rings is 1. The Bertz CT molecular complexity index is 1400. The minimum atomic E-state index is -3.27. The van der Waals surface area contributed by atoms with Crippen molar-refractivity contribution in [2.45, 2.75) is 23.8 Å². The standard InChI is InChI=1S/C22H21N5O4S2/c1-33(29,30)17-4-2-16(3-5-17)31-22-18-12-25-27(21(18)23-14-24-22)15-6-9-26(10-7-15)19-8-11-32-20(19)13-28/h2-5,8,11-15H,6-7,9-10H2,1H3. The van der Waals surface area contributed by atoms with Crippen LogP contribution in [0.1, 0.15) is 28.6 Å². The average molecular weight is 484 g/mol. The van der Waals surface area contributed by atoms with Crippen LogP contribution < -0.4 is 9.64 Å². The summed E-state index contributed by atoms with van der Waals surface area (Å²) in [5.74, 6) is 0.842. The van der Waals surface area contributed by atoms with Crippen LogP contribution in [-0.4, -0.2) is 53.8 Å². The highest BCUT2D eigenvalue weighted by Gasteiger charge is 2.25. The SMILES string of the molecule is CS(=O)(=O)c1ccc(Oc2ncnc3c2cnn3C2CCN(c3ccsc3C=O)CC2)cc1. The number of ether oxygens (including phenoxy) is 1. The largest absolute Gasteiger partial charge is 0.438 e.